The van der Waals surface area contributed by atoms with E-state index in [0.29, 0.717) is 6.04 Å². The Kier molecular flexibility index (Phi) is 6.32. The van der Waals surface area contributed by atoms with Crippen LogP contribution in [0.15, 0.2) is 0 Å². The van der Waals surface area contributed by atoms with Gasteiger partial charge in [0.2, 0.25) is 0 Å². The van der Waals surface area contributed by atoms with E-state index in [2.05, 4.69) is 42.9 Å². The zero-order chi connectivity index (χ0) is 12.0. The molecule has 3 heteroatoms. The number of likely N-dealkylation sites (tertiary alicyclic amines) is 1. The van der Waals surface area contributed by atoms with E-state index in [4.69, 9.17) is 0 Å². The van der Waals surface area contributed by atoms with E-state index in [9.17, 15) is 0 Å². The second kappa shape index (κ2) is 7.25. The summed E-state index contributed by atoms with van der Waals surface area (Å²) in [5.74, 6) is 0. The Labute approximate surface area is 101 Å². The van der Waals surface area contributed by atoms with Crippen LogP contribution in [0, 0.1) is 0 Å². The second-order valence-corrected chi connectivity index (χ2v) is 4.99. The summed E-state index contributed by atoms with van der Waals surface area (Å²) in [6.07, 6.45) is 2.67. The SMILES string of the molecule is CCNCC(C)N(C)C1CCN(CC)CC1. The quantitative estimate of drug-likeness (QED) is 0.740. The Bertz CT molecular complexity index is 176. The summed E-state index contributed by atoms with van der Waals surface area (Å²) in [5.41, 5.74) is 0. The van der Waals surface area contributed by atoms with E-state index in [-0.39, 0.29) is 0 Å². The van der Waals surface area contributed by atoms with Crippen molar-refractivity contribution in [2.45, 2.75) is 45.7 Å². The highest BCUT2D eigenvalue weighted by molar-refractivity contribution is 4.81. The molecule has 16 heavy (non-hydrogen) atoms. The van der Waals surface area contributed by atoms with Crippen molar-refractivity contribution in [1.82, 2.24) is 15.1 Å². The molecule has 1 unspecified atom stereocenters. The van der Waals surface area contributed by atoms with Crippen molar-refractivity contribution in [2.24, 2.45) is 0 Å². The highest BCUT2D eigenvalue weighted by Crippen LogP contribution is 2.16. The highest BCUT2D eigenvalue weighted by atomic mass is 15.2. The van der Waals surface area contributed by atoms with Gasteiger partial charge in [0.05, 0.1) is 0 Å². The minimum absolute atomic E-state index is 0.651. The number of likely N-dealkylation sites (N-methyl/N-ethyl adjacent to an activating group) is 2. The van der Waals surface area contributed by atoms with Gasteiger partial charge in [-0.3, -0.25) is 4.90 Å². The first-order chi connectivity index (χ1) is 7.69. The lowest BCUT2D eigenvalue weighted by Crippen LogP contribution is -2.48. The number of nitrogens with zero attached hydrogens (tertiary/aromatic N) is 2. The fourth-order valence-corrected chi connectivity index (χ4v) is 2.50. The first-order valence-corrected chi connectivity index (χ1v) is 6.84. The van der Waals surface area contributed by atoms with Crippen molar-refractivity contribution < 1.29 is 0 Å². The molecule has 0 aromatic heterocycles. The molecule has 0 aromatic carbocycles. The van der Waals surface area contributed by atoms with Gasteiger partial charge in [-0.1, -0.05) is 13.8 Å². The normalized spacial score (nSPS) is 21.6. The first kappa shape index (κ1) is 13.9. The van der Waals surface area contributed by atoms with Gasteiger partial charge < -0.3 is 10.2 Å². The lowest BCUT2D eigenvalue weighted by molar-refractivity contribution is 0.104. The van der Waals surface area contributed by atoms with Gasteiger partial charge in [0.15, 0.2) is 0 Å². The molecule has 0 spiro atoms. The van der Waals surface area contributed by atoms with E-state index < -0.39 is 0 Å². The molecule has 0 amide bonds. The summed E-state index contributed by atoms with van der Waals surface area (Å²) in [6.45, 7) is 12.7. The van der Waals surface area contributed by atoms with Gasteiger partial charge in [-0.2, -0.15) is 0 Å². The molecule has 1 fully saturated rings. The van der Waals surface area contributed by atoms with Crippen LogP contribution < -0.4 is 5.32 Å². The lowest BCUT2D eigenvalue weighted by Gasteiger charge is -2.39. The van der Waals surface area contributed by atoms with Crippen molar-refractivity contribution in [3.8, 4) is 0 Å². The van der Waals surface area contributed by atoms with Crippen LogP contribution in [0.3, 0.4) is 0 Å². The maximum atomic E-state index is 3.44. The van der Waals surface area contributed by atoms with Gasteiger partial charge in [0.25, 0.3) is 0 Å². The highest BCUT2D eigenvalue weighted by Gasteiger charge is 2.23. The maximum absolute atomic E-state index is 3.44. The Morgan fingerprint density at radius 1 is 1.31 bits per heavy atom. The molecule has 1 atom stereocenters. The zero-order valence-electron chi connectivity index (χ0n) is 11.5. The van der Waals surface area contributed by atoms with E-state index in [0.717, 1.165) is 19.1 Å². The van der Waals surface area contributed by atoms with Crippen LogP contribution in [0.4, 0.5) is 0 Å². The minimum atomic E-state index is 0.651. The Balaban J connectivity index is 2.29. The van der Waals surface area contributed by atoms with E-state index in [1.54, 1.807) is 0 Å². The van der Waals surface area contributed by atoms with Crippen LogP contribution in [-0.2, 0) is 0 Å². The zero-order valence-corrected chi connectivity index (χ0v) is 11.5. The van der Waals surface area contributed by atoms with Crippen LogP contribution in [0.25, 0.3) is 0 Å². The lowest BCUT2D eigenvalue weighted by atomic mass is 10.0. The largest absolute Gasteiger partial charge is 0.315 e. The summed E-state index contributed by atoms with van der Waals surface area (Å²) >= 11 is 0. The van der Waals surface area contributed by atoms with Crippen LogP contribution in [0.5, 0.6) is 0 Å². The molecule has 1 heterocycles. The molecule has 1 aliphatic rings. The third-order valence-electron chi connectivity index (χ3n) is 3.97. The molecule has 0 bridgehead atoms. The van der Waals surface area contributed by atoms with Crippen molar-refractivity contribution >= 4 is 0 Å². The summed E-state index contributed by atoms with van der Waals surface area (Å²) in [6, 6.07) is 1.44. The predicted octanol–water partition coefficient (Wildman–Crippen LogP) is 1.40. The smallest absolute Gasteiger partial charge is 0.0192 e. The molecule has 1 aliphatic heterocycles. The van der Waals surface area contributed by atoms with Crippen molar-refractivity contribution in [3.63, 3.8) is 0 Å². The third-order valence-corrected chi connectivity index (χ3v) is 3.97. The number of hydrogen-bond donors (Lipinski definition) is 1. The maximum Gasteiger partial charge on any atom is 0.0192 e. The minimum Gasteiger partial charge on any atom is -0.315 e. The summed E-state index contributed by atoms with van der Waals surface area (Å²) < 4.78 is 0. The fraction of sp³-hybridized carbons (Fsp3) is 1.00. The Morgan fingerprint density at radius 2 is 1.94 bits per heavy atom. The van der Waals surface area contributed by atoms with Gasteiger partial charge in [0, 0.05) is 18.6 Å². The summed E-state index contributed by atoms with van der Waals surface area (Å²) in [7, 11) is 2.29. The average molecular weight is 227 g/mol. The van der Waals surface area contributed by atoms with E-state index in [1.807, 2.05) is 0 Å². The number of nitrogens with one attached hydrogen (secondary N) is 1. The molecule has 1 rings (SSSR count). The Morgan fingerprint density at radius 3 is 2.44 bits per heavy atom. The number of rotatable bonds is 6. The molecule has 1 N–H and O–H groups in total. The Hall–Kier alpha value is -0.120. The second-order valence-electron chi connectivity index (χ2n) is 4.99. The van der Waals surface area contributed by atoms with Crippen LogP contribution in [0.2, 0.25) is 0 Å². The molecule has 0 saturated carbocycles. The average Bonchev–Trinajstić information content (AvgIpc) is 2.35. The number of hydrogen-bond acceptors (Lipinski definition) is 3. The van der Waals surface area contributed by atoms with Gasteiger partial charge in [-0.25, -0.2) is 0 Å². The molecular weight excluding hydrogens is 198 g/mol. The monoisotopic (exact) mass is 227 g/mol. The summed E-state index contributed by atoms with van der Waals surface area (Å²) in [4.78, 5) is 5.12. The van der Waals surface area contributed by atoms with Gasteiger partial charge in [-0.05, 0) is 53.0 Å². The molecule has 0 aromatic rings. The van der Waals surface area contributed by atoms with E-state index >= 15 is 0 Å². The molecule has 0 radical (unpaired) electrons. The standard InChI is InChI=1S/C13H29N3/c1-5-14-11-12(3)15(4)13-7-9-16(6-2)10-8-13/h12-14H,5-11H2,1-4H3. The number of piperidine rings is 1. The van der Waals surface area contributed by atoms with Crippen molar-refractivity contribution in [2.75, 3.05) is 39.8 Å². The van der Waals surface area contributed by atoms with Crippen LogP contribution >= 0.6 is 0 Å². The van der Waals surface area contributed by atoms with Crippen molar-refractivity contribution in [3.05, 3.63) is 0 Å². The third kappa shape index (κ3) is 4.04. The van der Waals surface area contributed by atoms with Gasteiger partial charge >= 0.3 is 0 Å². The van der Waals surface area contributed by atoms with E-state index in [1.165, 1.54) is 32.5 Å². The molecule has 0 aliphatic carbocycles. The molecular formula is C13H29N3. The first-order valence-electron chi connectivity index (χ1n) is 6.84. The van der Waals surface area contributed by atoms with Crippen LogP contribution in [0.1, 0.15) is 33.6 Å². The van der Waals surface area contributed by atoms with Crippen LogP contribution in [-0.4, -0.2) is 61.7 Å². The topological polar surface area (TPSA) is 18.5 Å². The molecule has 96 valence electrons. The fourth-order valence-electron chi connectivity index (χ4n) is 2.50. The molecule has 3 nitrogen and oxygen atoms in total. The molecule has 1 saturated heterocycles. The summed E-state index contributed by atoms with van der Waals surface area (Å²) in [5, 5.41) is 3.44. The van der Waals surface area contributed by atoms with Gasteiger partial charge in [0.1, 0.15) is 0 Å². The predicted molar refractivity (Wildman–Crippen MR) is 70.9 cm³/mol. The van der Waals surface area contributed by atoms with Gasteiger partial charge in [-0.15, -0.1) is 0 Å². The van der Waals surface area contributed by atoms with Crippen molar-refractivity contribution in [1.29, 1.82) is 0 Å².